The van der Waals surface area contributed by atoms with Gasteiger partial charge >= 0.3 is 5.97 Å². The number of carboxylic acid groups (broad SMARTS) is 1. The van der Waals surface area contributed by atoms with Gasteiger partial charge in [-0.15, -0.1) is 0 Å². The number of aryl methyl sites for hydroxylation is 1. The first kappa shape index (κ1) is 20.5. The Morgan fingerprint density at radius 2 is 1.82 bits per heavy atom. The lowest BCUT2D eigenvalue weighted by molar-refractivity contribution is -0.136. The summed E-state index contributed by atoms with van der Waals surface area (Å²) in [5.74, 6) is 0.0116. The van der Waals surface area contributed by atoms with E-state index in [2.05, 4.69) is 20.5 Å². The molecule has 0 aliphatic rings. The van der Waals surface area contributed by atoms with E-state index < -0.39 is 5.97 Å². The summed E-state index contributed by atoms with van der Waals surface area (Å²) in [5, 5.41) is 9.60. The lowest BCUT2D eigenvalue weighted by Crippen LogP contribution is -2.06. The Kier molecular flexibility index (Phi) is 6.47. The van der Waals surface area contributed by atoms with Crippen molar-refractivity contribution in [2.24, 2.45) is 0 Å². The van der Waals surface area contributed by atoms with Gasteiger partial charge in [0.1, 0.15) is 12.4 Å². The van der Waals surface area contributed by atoms with Crippen molar-refractivity contribution in [3.63, 3.8) is 0 Å². The van der Waals surface area contributed by atoms with Crippen LogP contribution >= 0.6 is 27.5 Å². The average molecular weight is 463 g/mol. The molecule has 4 nitrogen and oxygen atoms in total. The SMILES string of the molecule is Cc1c(CCC(=O)O)ccc(OCc2c(Br)ccn2-c2ccc(Cl)cc2)c1C. The van der Waals surface area contributed by atoms with E-state index in [1.807, 2.05) is 62.5 Å². The summed E-state index contributed by atoms with van der Waals surface area (Å²) < 4.78 is 9.14. The van der Waals surface area contributed by atoms with E-state index in [4.69, 9.17) is 21.4 Å². The Balaban J connectivity index is 1.79. The minimum Gasteiger partial charge on any atom is -0.487 e. The summed E-state index contributed by atoms with van der Waals surface area (Å²) in [4.78, 5) is 10.8. The van der Waals surface area contributed by atoms with Crippen molar-refractivity contribution in [2.45, 2.75) is 33.3 Å². The molecule has 0 aliphatic carbocycles. The lowest BCUT2D eigenvalue weighted by atomic mass is 9.99. The number of hydrogen-bond acceptors (Lipinski definition) is 2. The number of benzene rings is 2. The highest BCUT2D eigenvalue weighted by atomic mass is 79.9. The number of nitrogens with zero attached hydrogens (tertiary/aromatic N) is 1. The van der Waals surface area contributed by atoms with Gasteiger partial charge in [0.15, 0.2) is 0 Å². The average Bonchev–Trinajstić information content (AvgIpc) is 3.03. The fraction of sp³-hybridized carbons (Fsp3) is 0.227. The number of ether oxygens (including phenoxy) is 1. The zero-order valence-corrected chi connectivity index (χ0v) is 18.0. The molecule has 1 N–H and O–H groups in total. The third kappa shape index (κ3) is 4.59. The van der Waals surface area contributed by atoms with Crippen LogP contribution in [0.15, 0.2) is 53.1 Å². The van der Waals surface area contributed by atoms with Gasteiger partial charge in [-0.25, -0.2) is 0 Å². The molecule has 1 aromatic heterocycles. The second-order valence-electron chi connectivity index (χ2n) is 6.61. The van der Waals surface area contributed by atoms with Crippen LogP contribution in [0.3, 0.4) is 0 Å². The van der Waals surface area contributed by atoms with E-state index in [0.29, 0.717) is 18.1 Å². The monoisotopic (exact) mass is 461 g/mol. The maximum atomic E-state index is 10.8. The highest BCUT2D eigenvalue weighted by Gasteiger charge is 2.13. The van der Waals surface area contributed by atoms with Crippen molar-refractivity contribution in [2.75, 3.05) is 0 Å². The third-order valence-corrected chi connectivity index (χ3v) is 5.84. The first-order valence-corrected chi connectivity index (χ1v) is 10.1. The molecule has 0 fully saturated rings. The second-order valence-corrected chi connectivity index (χ2v) is 7.90. The summed E-state index contributed by atoms with van der Waals surface area (Å²) in [6, 6.07) is 13.5. The molecule has 3 aromatic rings. The fourth-order valence-electron chi connectivity index (χ4n) is 3.09. The summed E-state index contributed by atoms with van der Waals surface area (Å²) in [6.07, 6.45) is 2.63. The summed E-state index contributed by atoms with van der Waals surface area (Å²) >= 11 is 9.59. The Morgan fingerprint density at radius 3 is 2.50 bits per heavy atom. The highest BCUT2D eigenvalue weighted by molar-refractivity contribution is 9.10. The predicted molar refractivity (Wildman–Crippen MR) is 115 cm³/mol. The van der Waals surface area contributed by atoms with Gasteiger partial charge in [-0.1, -0.05) is 17.7 Å². The number of halogens is 2. The smallest absolute Gasteiger partial charge is 0.303 e. The molecule has 0 bridgehead atoms. The molecule has 0 saturated heterocycles. The topological polar surface area (TPSA) is 51.5 Å². The number of aliphatic carboxylic acids is 1. The Morgan fingerprint density at radius 1 is 1.11 bits per heavy atom. The Bertz CT molecular complexity index is 996. The number of carboxylic acids is 1. The molecule has 28 heavy (non-hydrogen) atoms. The van der Waals surface area contributed by atoms with Crippen molar-refractivity contribution in [3.05, 3.63) is 80.5 Å². The van der Waals surface area contributed by atoms with Gasteiger partial charge in [-0.3, -0.25) is 4.79 Å². The minimum atomic E-state index is -0.787. The number of carbonyl (C=O) groups is 1. The van der Waals surface area contributed by atoms with Gasteiger partial charge in [-0.05, 0) is 89.3 Å². The molecule has 0 aliphatic heterocycles. The molecular weight excluding hydrogens is 442 g/mol. The van der Waals surface area contributed by atoms with Gasteiger partial charge in [0, 0.05) is 27.8 Å². The van der Waals surface area contributed by atoms with Crippen molar-refractivity contribution in [3.8, 4) is 11.4 Å². The normalized spacial score (nSPS) is 10.9. The minimum absolute atomic E-state index is 0.127. The largest absolute Gasteiger partial charge is 0.487 e. The van der Waals surface area contributed by atoms with Gasteiger partial charge in [0.05, 0.1) is 5.69 Å². The molecule has 146 valence electrons. The molecule has 0 saturated carbocycles. The third-order valence-electron chi connectivity index (χ3n) is 4.86. The van der Waals surface area contributed by atoms with Crippen LogP contribution in [0.25, 0.3) is 5.69 Å². The van der Waals surface area contributed by atoms with Gasteiger partial charge < -0.3 is 14.4 Å². The molecule has 0 unspecified atom stereocenters. The van der Waals surface area contributed by atoms with E-state index in [-0.39, 0.29) is 6.42 Å². The number of aromatic nitrogens is 1. The van der Waals surface area contributed by atoms with Gasteiger partial charge in [-0.2, -0.15) is 0 Å². The van der Waals surface area contributed by atoms with E-state index >= 15 is 0 Å². The number of hydrogen-bond donors (Lipinski definition) is 1. The van der Waals surface area contributed by atoms with Crippen LogP contribution in [0, 0.1) is 13.8 Å². The maximum absolute atomic E-state index is 10.8. The van der Waals surface area contributed by atoms with Crippen LogP contribution in [0.2, 0.25) is 5.02 Å². The molecule has 0 radical (unpaired) electrons. The van der Waals surface area contributed by atoms with Crippen molar-refractivity contribution in [1.82, 2.24) is 4.57 Å². The van der Waals surface area contributed by atoms with Crippen molar-refractivity contribution in [1.29, 1.82) is 0 Å². The van der Waals surface area contributed by atoms with Crippen LogP contribution in [0.1, 0.15) is 28.8 Å². The predicted octanol–water partition coefficient (Wildman–Crippen LogP) is 6.11. The molecular formula is C22H21BrClNO3. The van der Waals surface area contributed by atoms with E-state index in [9.17, 15) is 4.79 Å². The molecule has 6 heteroatoms. The van der Waals surface area contributed by atoms with Crippen molar-refractivity contribution < 1.29 is 14.6 Å². The number of rotatable bonds is 7. The second kappa shape index (κ2) is 8.84. The molecule has 0 spiro atoms. The quantitative estimate of drug-likeness (QED) is 0.461. The molecule has 3 rings (SSSR count). The molecule has 0 atom stereocenters. The lowest BCUT2D eigenvalue weighted by Gasteiger charge is -2.16. The Hall–Kier alpha value is -2.24. The maximum Gasteiger partial charge on any atom is 0.303 e. The van der Waals surface area contributed by atoms with Crippen molar-refractivity contribution >= 4 is 33.5 Å². The zero-order chi connectivity index (χ0) is 20.3. The fourth-order valence-corrected chi connectivity index (χ4v) is 3.64. The molecule has 1 heterocycles. The summed E-state index contributed by atoms with van der Waals surface area (Å²) in [7, 11) is 0. The van der Waals surface area contributed by atoms with Crippen LogP contribution in [0.4, 0.5) is 0 Å². The summed E-state index contributed by atoms with van der Waals surface area (Å²) in [6.45, 7) is 4.40. The first-order valence-electron chi connectivity index (χ1n) is 8.92. The Labute approximate surface area is 177 Å². The first-order chi connectivity index (χ1) is 13.4. The van der Waals surface area contributed by atoms with Gasteiger partial charge in [0.25, 0.3) is 0 Å². The van der Waals surface area contributed by atoms with Crippen LogP contribution in [-0.4, -0.2) is 15.6 Å². The van der Waals surface area contributed by atoms with E-state index in [1.54, 1.807) is 0 Å². The summed E-state index contributed by atoms with van der Waals surface area (Å²) in [5.41, 5.74) is 5.15. The van der Waals surface area contributed by atoms with Crippen LogP contribution in [0.5, 0.6) is 5.75 Å². The standard InChI is InChI=1S/C22H21BrClNO3/c1-14-15(2)21(9-3-16(14)4-10-22(26)27)28-13-20-19(23)11-12-25(20)18-7-5-17(24)6-8-18/h3,5-9,11-12H,4,10,13H2,1-2H3,(H,26,27). The van der Waals surface area contributed by atoms with E-state index in [1.165, 1.54) is 0 Å². The van der Waals surface area contributed by atoms with Crippen LogP contribution in [-0.2, 0) is 17.8 Å². The highest BCUT2D eigenvalue weighted by Crippen LogP contribution is 2.28. The van der Waals surface area contributed by atoms with Crippen LogP contribution < -0.4 is 4.74 Å². The van der Waals surface area contributed by atoms with Gasteiger partial charge in [0.2, 0.25) is 0 Å². The zero-order valence-electron chi connectivity index (χ0n) is 15.7. The van der Waals surface area contributed by atoms with E-state index in [0.717, 1.165) is 38.3 Å². The molecule has 0 amide bonds. The molecule has 2 aromatic carbocycles.